The number of carbonyl (C=O) groups excluding carboxylic acids is 1. The van der Waals surface area contributed by atoms with Gasteiger partial charge in [-0.3, -0.25) is 4.79 Å². The zero-order valence-electron chi connectivity index (χ0n) is 16.0. The summed E-state index contributed by atoms with van der Waals surface area (Å²) in [4.78, 5) is 13.0. The van der Waals surface area contributed by atoms with Gasteiger partial charge in [0.25, 0.3) is 0 Å². The van der Waals surface area contributed by atoms with Gasteiger partial charge < -0.3 is 19.5 Å². The third-order valence-electron chi connectivity index (χ3n) is 5.08. The van der Waals surface area contributed by atoms with E-state index in [1.54, 1.807) is 7.11 Å². The average molecular weight is 377 g/mol. The molecule has 144 valence electrons. The molecule has 1 N–H and O–H groups in total. The summed E-state index contributed by atoms with van der Waals surface area (Å²) in [5, 5.41) is 4.93. The van der Waals surface area contributed by atoms with E-state index in [0.29, 0.717) is 0 Å². The fourth-order valence-electron chi connectivity index (χ4n) is 3.37. The summed E-state index contributed by atoms with van der Waals surface area (Å²) < 4.78 is 17.1. The van der Waals surface area contributed by atoms with Crippen molar-refractivity contribution in [3.8, 4) is 5.75 Å². The molecule has 0 saturated carbocycles. The molecule has 0 aliphatic carbocycles. The zero-order valence-corrected chi connectivity index (χ0v) is 16.0. The number of anilines is 1. The maximum absolute atomic E-state index is 13.0. The third kappa shape index (κ3) is 3.46. The molecule has 0 atom stereocenters. The van der Waals surface area contributed by atoms with Crippen molar-refractivity contribution < 1.29 is 19.0 Å². The lowest BCUT2D eigenvalue weighted by Gasteiger charge is -2.36. The molecule has 5 heteroatoms. The summed E-state index contributed by atoms with van der Waals surface area (Å²) in [6, 6.07) is 21.3. The van der Waals surface area contributed by atoms with Crippen LogP contribution in [0.3, 0.4) is 0 Å². The molecule has 3 aromatic rings. The Morgan fingerprint density at radius 2 is 1.61 bits per heavy atom. The minimum Gasteiger partial charge on any atom is -0.496 e. The van der Waals surface area contributed by atoms with Crippen LogP contribution in [0, 0.1) is 5.41 Å². The first-order chi connectivity index (χ1) is 13.6. The molecule has 1 aliphatic heterocycles. The van der Waals surface area contributed by atoms with Gasteiger partial charge >= 0.3 is 0 Å². The van der Waals surface area contributed by atoms with Crippen molar-refractivity contribution in [3.63, 3.8) is 0 Å². The summed E-state index contributed by atoms with van der Waals surface area (Å²) in [6.45, 7) is 2.42. The molecule has 4 rings (SSSR count). The molecule has 0 radical (unpaired) electrons. The van der Waals surface area contributed by atoms with Crippen LogP contribution in [-0.4, -0.2) is 26.2 Å². The van der Waals surface area contributed by atoms with Gasteiger partial charge in [-0.15, -0.1) is 0 Å². The van der Waals surface area contributed by atoms with Crippen LogP contribution in [-0.2, 0) is 14.3 Å². The first-order valence-electron chi connectivity index (χ1n) is 9.26. The summed E-state index contributed by atoms with van der Waals surface area (Å²) in [5.74, 6) is 0.643. The first-order valence-corrected chi connectivity index (χ1v) is 9.26. The van der Waals surface area contributed by atoms with E-state index in [1.165, 1.54) is 0 Å². The number of amides is 1. The monoisotopic (exact) mass is 377 g/mol. The maximum Gasteiger partial charge on any atom is 0.235 e. The highest BCUT2D eigenvalue weighted by atomic mass is 16.7. The molecule has 0 spiro atoms. The largest absolute Gasteiger partial charge is 0.496 e. The molecule has 5 nitrogen and oxygen atoms in total. The van der Waals surface area contributed by atoms with Gasteiger partial charge in [-0.05, 0) is 19.1 Å². The predicted octanol–water partition coefficient (Wildman–Crippen LogP) is 4.54. The zero-order chi connectivity index (χ0) is 19.6. The second kappa shape index (κ2) is 7.62. The van der Waals surface area contributed by atoms with E-state index in [-0.39, 0.29) is 19.1 Å². The van der Waals surface area contributed by atoms with Crippen molar-refractivity contribution >= 4 is 22.4 Å². The van der Waals surface area contributed by atoms with Gasteiger partial charge in [-0.1, -0.05) is 54.6 Å². The Balaban J connectivity index is 1.51. The summed E-state index contributed by atoms with van der Waals surface area (Å²) >= 11 is 0. The first kappa shape index (κ1) is 18.5. The molecule has 1 saturated heterocycles. The lowest BCUT2D eigenvalue weighted by molar-refractivity contribution is -0.226. The number of hydrogen-bond acceptors (Lipinski definition) is 4. The van der Waals surface area contributed by atoms with Crippen molar-refractivity contribution in [1.82, 2.24) is 0 Å². The standard InChI is InChI=1S/C23H23NO4/c1-23(14-27-21(28-15-23)16-8-4-3-5-9-16)22(25)24-19-12-13-20(26-2)18-11-7-6-10-17(18)19/h3-13,21H,14-15H2,1-2H3,(H,24,25). The van der Waals surface area contributed by atoms with Gasteiger partial charge in [0.15, 0.2) is 6.29 Å². The number of hydrogen-bond donors (Lipinski definition) is 1. The van der Waals surface area contributed by atoms with Gasteiger partial charge in [-0.25, -0.2) is 0 Å². The fraction of sp³-hybridized carbons (Fsp3) is 0.261. The van der Waals surface area contributed by atoms with E-state index in [2.05, 4.69) is 5.32 Å². The second-order valence-electron chi connectivity index (χ2n) is 7.24. The molecule has 1 fully saturated rings. The van der Waals surface area contributed by atoms with E-state index in [0.717, 1.165) is 27.8 Å². The summed E-state index contributed by atoms with van der Waals surface area (Å²) in [5.41, 5.74) is 0.922. The van der Waals surface area contributed by atoms with Crippen molar-refractivity contribution in [3.05, 3.63) is 72.3 Å². The number of carbonyl (C=O) groups is 1. The van der Waals surface area contributed by atoms with E-state index in [1.807, 2.05) is 73.7 Å². The Hall–Kier alpha value is -2.89. The number of nitrogens with one attached hydrogen (secondary N) is 1. The number of fused-ring (bicyclic) bond motifs is 1. The highest BCUT2D eigenvalue weighted by Gasteiger charge is 2.40. The summed E-state index contributed by atoms with van der Waals surface area (Å²) in [7, 11) is 1.64. The van der Waals surface area contributed by atoms with Crippen LogP contribution in [0.25, 0.3) is 10.8 Å². The highest BCUT2D eigenvalue weighted by Crippen LogP contribution is 2.35. The van der Waals surface area contributed by atoms with Crippen LogP contribution in [0.15, 0.2) is 66.7 Å². The van der Waals surface area contributed by atoms with Crippen LogP contribution >= 0.6 is 0 Å². The average Bonchev–Trinajstić information content (AvgIpc) is 2.75. The van der Waals surface area contributed by atoms with E-state index >= 15 is 0 Å². The predicted molar refractivity (Wildman–Crippen MR) is 108 cm³/mol. The quantitative estimate of drug-likeness (QED) is 0.725. The van der Waals surface area contributed by atoms with E-state index in [4.69, 9.17) is 14.2 Å². The lowest BCUT2D eigenvalue weighted by atomic mass is 9.90. The molecule has 1 aliphatic rings. The topological polar surface area (TPSA) is 56.8 Å². The maximum atomic E-state index is 13.0. The van der Waals surface area contributed by atoms with Crippen molar-refractivity contribution in [2.75, 3.05) is 25.6 Å². The van der Waals surface area contributed by atoms with Crippen molar-refractivity contribution in [2.24, 2.45) is 5.41 Å². The van der Waals surface area contributed by atoms with E-state index in [9.17, 15) is 4.79 Å². The van der Waals surface area contributed by atoms with Gasteiger partial charge in [0.05, 0.1) is 25.7 Å². The number of benzene rings is 3. The van der Waals surface area contributed by atoms with Crippen molar-refractivity contribution in [2.45, 2.75) is 13.2 Å². The molecule has 28 heavy (non-hydrogen) atoms. The second-order valence-corrected chi connectivity index (χ2v) is 7.24. The molecule has 1 heterocycles. The molecule has 3 aromatic carbocycles. The minimum atomic E-state index is -0.772. The van der Waals surface area contributed by atoms with Gasteiger partial charge in [-0.2, -0.15) is 0 Å². The highest BCUT2D eigenvalue weighted by molar-refractivity contribution is 6.05. The van der Waals surface area contributed by atoms with Crippen LogP contribution in [0.2, 0.25) is 0 Å². The molecular weight excluding hydrogens is 354 g/mol. The number of ether oxygens (including phenoxy) is 3. The van der Waals surface area contributed by atoms with Gasteiger partial charge in [0.1, 0.15) is 5.75 Å². The summed E-state index contributed by atoms with van der Waals surface area (Å²) in [6.07, 6.45) is -0.441. The minimum absolute atomic E-state index is 0.130. The molecule has 0 unspecified atom stereocenters. The third-order valence-corrected chi connectivity index (χ3v) is 5.08. The van der Waals surface area contributed by atoms with Crippen molar-refractivity contribution in [1.29, 1.82) is 0 Å². The Bertz CT molecular complexity index is 978. The lowest BCUT2D eigenvalue weighted by Crippen LogP contribution is -2.45. The fourth-order valence-corrected chi connectivity index (χ4v) is 3.37. The molecule has 1 amide bonds. The van der Waals surface area contributed by atoms with Gasteiger partial charge in [0, 0.05) is 22.0 Å². The smallest absolute Gasteiger partial charge is 0.235 e. The molecule has 0 aromatic heterocycles. The Morgan fingerprint density at radius 3 is 2.29 bits per heavy atom. The van der Waals surface area contributed by atoms with E-state index < -0.39 is 11.7 Å². The molecule has 0 bridgehead atoms. The van der Waals surface area contributed by atoms with Crippen LogP contribution < -0.4 is 10.1 Å². The van der Waals surface area contributed by atoms with Crippen LogP contribution in [0.4, 0.5) is 5.69 Å². The normalized spacial score (nSPS) is 22.0. The van der Waals surface area contributed by atoms with Gasteiger partial charge in [0.2, 0.25) is 5.91 Å². The number of rotatable bonds is 4. The Kier molecular flexibility index (Phi) is 5.03. The Labute approximate surface area is 164 Å². The molecular formula is C23H23NO4. The van der Waals surface area contributed by atoms with Crippen LogP contribution in [0.5, 0.6) is 5.75 Å². The number of methoxy groups -OCH3 is 1. The SMILES string of the molecule is COc1ccc(NC(=O)C2(C)COC(c3ccccc3)OC2)c2ccccc12. The Morgan fingerprint density at radius 1 is 0.964 bits per heavy atom. The van der Waals surface area contributed by atoms with Crippen LogP contribution in [0.1, 0.15) is 18.8 Å².